The molecule has 2 radical (unpaired) electrons. The van der Waals surface area contributed by atoms with Crippen molar-refractivity contribution < 1.29 is 23.8 Å². The molecular formula is C15H25BN6O5P+. The summed E-state index contributed by atoms with van der Waals surface area (Å²) >= 11 is 0. The molecule has 0 aliphatic carbocycles. The lowest BCUT2D eigenvalue weighted by Gasteiger charge is -2.29. The summed E-state index contributed by atoms with van der Waals surface area (Å²) in [4.78, 5) is 24.9. The standard InChI is InChI=1S/C15H25BN6O5P/c1-4-21(5-2)15-20-11-12(17)18-8-19-13(11)22(15)14-10(23)7-26-28(16,24)25-6-9(3)27-14/h8-10,14,23-24H,4-7H2,1-3H3,(H2,17,18,19)/q+1/t9-,10-,14+,28?/m0/s1. The van der Waals surface area contributed by atoms with Crippen LogP contribution in [0.1, 0.15) is 27.0 Å². The summed E-state index contributed by atoms with van der Waals surface area (Å²) in [6.07, 6.45) is -1.28. The Morgan fingerprint density at radius 3 is 2.68 bits per heavy atom. The quantitative estimate of drug-likeness (QED) is 0.478. The molecule has 4 atom stereocenters. The van der Waals surface area contributed by atoms with Crippen LogP contribution in [0.2, 0.25) is 0 Å². The first-order valence-corrected chi connectivity index (χ1v) is 10.7. The number of hydrogen-bond donors (Lipinski definition) is 3. The summed E-state index contributed by atoms with van der Waals surface area (Å²) in [6, 6.07) is 0. The lowest BCUT2D eigenvalue weighted by Crippen LogP contribution is -2.36. The highest BCUT2D eigenvalue weighted by molar-refractivity contribution is 7.85. The summed E-state index contributed by atoms with van der Waals surface area (Å²) in [5.41, 5.74) is 6.82. The third kappa shape index (κ3) is 4.22. The summed E-state index contributed by atoms with van der Waals surface area (Å²) in [7, 11) is 2.09. The SMILES string of the molecule is [B][P+]1(O)OC[C@H](C)O[C@@H](n2c(N(CC)CC)nc3c(N)ncnc32)[C@@H](O)CO1. The third-order valence-corrected chi connectivity index (χ3v) is 5.45. The zero-order valence-corrected chi connectivity index (χ0v) is 17.0. The van der Waals surface area contributed by atoms with Crippen molar-refractivity contribution in [3.63, 3.8) is 0 Å². The number of nitrogens with zero attached hydrogens (tertiary/aromatic N) is 5. The molecule has 28 heavy (non-hydrogen) atoms. The lowest BCUT2D eigenvalue weighted by atomic mass is 10.3. The Morgan fingerprint density at radius 2 is 2.00 bits per heavy atom. The van der Waals surface area contributed by atoms with Crippen LogP contribution in [-0.2, 0) is 13.8 Å². The van der Waals surface area contributed by atoms with Gasteiger partial charge in [0.2, 0.25) is 5.95 Å². The van der Waals surface area contributed by atoms with E-state index in [9.17, 15) is 10.00 Å². The molecule has 0 bridgehead atoms. The van der Waals surface area contributed by atoms with E-state index in [1.165, 1.54) is 6.33 Å². The highest BCUT2D eigenvalue weighted by Crippen LogP contribution is 2.52. The zero-order valence-electron chi connectivity index (χ0n) is 16.1. The largest absolute Gasteiger partial charge is 0.488 e. The van der Waals surface area contributed by atoms with Crippen LogP contribution in [0.5, 0.6) is 0 Å². The van der Waals surface area contributed by atoms with Crippen molar-refractivity contribution in [1.82, 2.24) is 19.5 Å². The minimum Gasteiger partial charge on any atom is -0.386 e. The Labute approximate surface area is 164 Å². The lowest BCUT2D eigenvalue weighted by molar-refractivity contribution is -0.120. The van der Waals surface area contributed by atoms with Crippen LogP contribution < -0.4 is 10.6 Å². The van der Waals surface area contributed by atoms with Crippen LogP contribution in [0.25, 0.3) is 11.2 Å². The molecular weight excluding hydrogens is 386 g/mol. The number of fused-ring (bicyclic) bond motifs is 1. The number of nitrogens with two attached hydrogens (primary N) is 1. The molecule has 0 spiro atoms. The highest BCUT2D eigenvalue weighted by Gasteiger charge is 2.40. The van der Waals surface area contributed by atoms with Crippen molar-refractivity contribution >= 4 is 38.3 Å². The van der Waals surface area contributed by atoms with E-state index in [4.69, 9.17) is 27.1 Å². The van der Waals surface area contributed by atoms with E-state index >= 15 is 0 Å². The fourth-order valence-electron chi connectivity index (χ4n) is 2.99. The van der Waals surface area contributed by atoms with Gasteiger partial charge in [-0.25, -0.2) is 19.8 Å². The number of aromatic nitrogens is 4. The maximum absolute atomic E-state index is 10.8. The van der Waals surface area contributed by atoms with Gasteiger partial charge in [-0.15, -0.1) is 0 Å². The van der Waals surface area contributed by atoms with Gasteiger partial charge in [-0.1, -0.05) is 0 Å². The van der Waals surface area contributed by atoms with E-state index in [1.54, 1.807) is 11.5 Å². The molecule has 1 saturated heterocycles. The van der Waals surface area contributed by atoms with Crippen molar-refractivity contribution in [2.45, 2.75) is 39.2 Å². The number of aliphatic hydroxyl groups excluding tert-OH is 1. The van der Waals surface area contributed by atoms with Crippen molar-refractivity contribution in [3.05, 3.63) is 6.33 Å². The van der Waals surface area contributed by atoms with E-state index in [2.05, 4.69) is 15.0 Å². The predicted octanol–water partition coefficient (Wildman–Crippen LogP) is 0.404. The summed E-state index contributed by atoms with van der Waals surface area (Å²) in [5.74, 6) is 0.756. The van der Waals surface area contributed by atoms with Gasteiger partial charge in [0.15, 0.2) is 23.2 Å². The Hall–Kier alpha value is -1.56. The Morgan fingerprint density at radius 1 is 1.32 bits per heavy atom. The number of imidazole rings is 1. The van der Waals surface area contributed by atoms with Crippen molar-refractivity contribution in [1.29, 1.82) is 0 Å². The average Bonchev–Trinajstić information content (AvgIpc) is 3.05. The van der Waals surface area contributed by atoms with E-state index in [-0.39, 0.29) is 19.0 Å². The van der Waals surface area contributed by atoms with Crippen LogP contribution in [0.15, 0.2) is 6.33 Å². The van der Waals surface area contributed by atoms with Gasteiger partial charge in [0.25, 0.3) is 0 Å². The number of nitrogen functional groups attached to an aromatic ring is 1. The first-order valence-electron chi connectivity index (χ1n) is 9.03. The fraction of sp³-hybridized carbons (Fsp3) is 0.667. The first kappa shape index (κ1) is 21.2. The van der Waals surface area contributed by atoms with E-state index in [1.807, 2.05) is 18.7 Å². The second-order valence-corrected chi connectivity index (χ2v) is 8.09. The van der Waals surface area contributed by atoms with Gasteiger partial charge in [0, 0.05) is 13.1 Å². The van der Waals surface area contributed by atoms with Gasteiger partial charge in [-0.3, -0.25) is 4.57 Å². The number of aliphatic hydroxyl groups is 1. The smallest absolute Gasteiger partial charge is 0.386 e. The van der Waals surface area contributed by atoms with Gasteiger partial charge in [-0.05, 0) is 20.8 Å². The van der Waals surface area contributed by atoms with Crippen LogP contribution in [0, 0.1) is 0 Å². The van der Waals surface area contributed by atoms with E-state index < -0.39 is 26.3 Å². The maximum atomic E-state index is 10.8. The fourth-order valence-corrected chi connectivity index (χ4v) is 3.86. The minimum absolute atomic E-state index is 0.00560. The van der Waals surface area contributed by atoms with Crippen LogP contribution in [-0.4, -0.2) is 75.6 Å². The molecule has 0 aromatic carbocycles. The first-order chi connectivity index (χ1) is 13.3. The van der Waals surface area contributed by atoms with Crippen molar-refractivity contribution in [2.24, 2.45) is 0 Å². The molecule has 1 unspecified atom stereocenters. The Kier molecular flexibility index (Phi) is 6.38. The predicted molar refractivity (Wildman–Crippen MR) is 106 cm³/mol. The van der Waals surface area contributed by atoms with Gasteiger partial charge in [0.1, 0.15) is 25.6 Å². The molecule has 3 rings (SSSR count). The molecule has 0 saturated carbocycles. The molecule has 152 valence electrons. The molecule has 2 aromatic rings. The Balaban J connectivity index is 2.13. The van der Waals surface area contributed by atoms with Crippen LogP contribution in [0.3, 0.4) is 0 Å². The second-order valence-electron chi connectivity index (χ2n) is 6.45. The number of rotatable bonds is 4. The zero-order chi connectivity index (χ0) is 20.5. The summed E-state index contributed by atoms with van der Waals surface area (Å²) in [5, 5.41) is 10.8. The monoisotopic (exact) mass is 411 g/mol. The topological polar surface area (TPSA) is 141 Å². The van der Waals surface area contributed by atoms with Gasteiger partial charge in [-0.2, -0.15) is 9.05 Å². The van der Waals surface area contributed by atoms with Crippen molar-refractivity contribution in [2.75, 3.05) is 36.9 Å². The number of ether oxygens (including phenoxy) is 1. The summed E-state index contributed by atoms with van der Waals surface area (Å²) < 4.78 is 18.1. The highest BCUT2D eigenvalue weighted by atomic mass is 31.2. The maximum Gasteiger partial charge on any atom is 0.488 e. The van der Waals surface area contributed by atoms with E-state index in [0.29, 0.717) is 30.2 Å². The molecule has 3 heterocycles. The van der Waals surface area contributed by atoms with Gasteiger partial charge < -0.3 is 20.5 Å². The number of hydrogen-bond acceptors (Lipinski definition) is 10. The molecule has 4 N–H and O–H groups in total. The van der Waals surface area contributed by atoms with Gasteiger partial charge >= 0.3 is 15.4 Å². The summed E-state index contributed by atoms with van der Waals surface area (Å²) in [6.45, 7) is 6.75. The van der Waals surface area contributed by atoms with Gasteiger partial charge in [0.05, 0.1) is 6.10 Å². The molecule has 1 aliphatic rings. The molecule has 2 aromatic heterocycles. The average molecular weight is 411 g/mol. The second kappa shape index (κ2) is 8.44. The normalized spacial score (nSPS) is 29.2. The third-order valence-electron chi connectivity index (χ3n) is 4.41. The molecule has 1 aliphatic heterocycles. The molecule has 0 amide bonds. The van der Waals surface area contributed by atoms with E-state index in [0.717, 1.165) is 0 Å². The van der Waals surface area contributed by atoms with Crippen LogP contribution in [0.4, 0.5) is 11.8 Å². The van der Waals surface area contributed by atoms with Crippen LogP contribution >= 0.6 is 7.82 Å². The molecule has 13 heteroatoms. The molecule has 11 nitrogen and oxygen atoms in total. The van der Waals surface area contributed by atoms with Crippen molar-refractivity contribution in [3.8, 4) is 0 Å². The Bertz CT molecular complexity index is 820. The number of anilines is 2. The molecule has 1 fully saturated rings. The minimum atomic E-state index is -3.53.